The largest absolute Gasteiger partial charge is 0.395 e. The lowest BCUT2D eigenvalue weighted by molar-refractivity contribution is 0.218. The number of rotatable bonds is 4. The van der Waals surface area contributed by atoms with Crippen LogP contribution in [0.2, 0.25) is 5.02 Å². The zero-order valence-corrected chi connectivity index (χ0v) is 11.0. The topological polar surface area (TPSA) is 20.2 Å². The summed E-state index contributed by atoms with van der Waals surface area (Å²) in [6, 6.07) is 6.03. The van der Waals surface area contributed by atoms with Crippen LogP contribution in [0, 0.1) is 0 Å². The third-order valence-corrected chi connectivity index (χ3v) is 3.79. The molecule has 0 fully saturated rings. The Morgan fingerprint density at radius 3 is 2.53 bits per heavy atom. The standard InChI is InChI=1S/C12H17ClOS/c1-4-15-11-6-5-9(7-10(11)13)12(2,3)8-14/h5-7,14H,4,8H2,1-3H3. The Morgan fingerprint density at radius 2 is 2.07 bits per heavy atom. The average molecular weight is 245 g/mol. The SMILES string of the molecule is CCSc1ccc(C(C)(C)CO)cc1Cl. The second-order valence-corrected chi connectivity index (χ2v) is 5.83. The van der Waals surface area contributed by atoms with Gasteiger partial charge in [0.05, 0.1) is 11.6 Å². The third kappa shape index (κ3) is 3.13. The molecule has 1 rings (SSSR count). The number of halogens is 1. The van der Waals surface area contributed by atoms with E-state index in [1.165, 1.54) is 0 Å². The van der Waals surface area contributed by atoms with Crippen LogP contribution in [-0.2, 0) is 5.41 Å². The maximum atomic E-state index is 9.26. The normalized spacial score (nSPS) is 11.8. The van der Waals surface area contributed by atoms with Gasteiger partial charge in [0.15, 0.2) is 0 Å². The molecule has 0 unspecified atom stereocenters. The molecule has 0 bridgehead atoms. The van der Waals surface area contributed by atoms with Crippen molar-refractivity contribution in [3.63, 3.8) is 0 Å². The van der Waals surface area contributed by atoms with Crippen LogP contribution in [0.15, 0.2) is 23.1 Å². The van der Waals surface area contributed by atoms with Crippen LogP contribution in [0.25, 0.3) is 0 Å². The number of thioether (sulfide) groups is 1. The van der Waals surface area contributed by atoms with Crippen molar-refractivity contribution in [2.45, 2.75) is 31.1 Å². The van der Waals surface area contributed by atoms with E-state index in [-0.39, 0.29) is 12.0 Å². The Bertz CT molecular complexity index is 336. The Labute approximate surface area is 101 Å². The molecule has 15 heavy (non-hydrogen) atoms. The van der Waals surface area contributed by atoms with Gasteiger partial charge in [-0.15, -0.1) is 11.8 Å². The van der Waals surface area contributed by atoms with Crippen LogP contribution in [-0.4, -0.2) is 17.5 Å². The average Bonchev–Trinajstić information content (AvgIpc) is 2.21. The first-order valence-electron chi connectivity index (χ1n) is 5.05. The molecule has 1 aromatic carbocycles. The smallest absolute Gasteiger partial charge is 0.0544 e. The van der Waals surface area contributed by atoms with Gasteiger partial charge < -0.3 is 5.11 Å². The van der Waals surface area contributed by atoms with Gasteiger partial charge in [0.25, 0.3) is 0 Å². The van der Waals surface area contributed by atoms with Crippen molar-refractivity contribution in [3.8, 4) is 0 Å². The molecule has 1 N–H and O–H groups in total. The second kappa shape index (κ2) is 5.24. The van der Waals surface area contributed by atoms with Crippen LogP contribution in [0.1, 0.15) is 26.3 Å². The molecule has 84 valence electrons. The molecule has 0 heterocycles. The van der Waals surface area contributed by atoms with Gasteiger partial charge in [0.1, 0.15) is 0 Å². The Hall–Kier alpha value is -0.180. The van der Waals surface area contributed by atoms with E-state index in [1.54, 1.807) is 11.8 Å². The first-order valence-corrected chi connectivity index (χ1v) is 6.41. The molecule has 0 saturated carbocycles. The lowest BCUT2D eigenvalue weighted by atomic mass is 9.86. The Kier molecular flexibility index (Phi) is 4.50. The Morgan fingerprint density at radius 1 is 1.40 bits per heavy atom. The molecule has 0 radical (unpaired) electrons. The van der Waals surface area contributed by atoms with Crippen molar-refractivity contribution < 1.29 is 5.11 Å². The molecule has 1 aromatic rings. The number of hydrogen-bond acceptors (Lipinski definition) is 2. The second-order valence-electron chi connectivity index (χ2n) is 4.12. The summed E-state index contributed by atoms with van der Waals surface area (Å²) in [6.07, 6.45) is 0. The fourth-order valence-corrected chi connectivity index (χ4v) is 2.30. The molecule has 0 aliphatic carbocycles. The number of aliphatic hydroxyl groups is 1. The van der Waals surface area contributed by atoms with Crippen LogP contribution in [0.5, 0.6) is 0 Å². The molecule has 0 spiro atoms. The van der Waals surface area contributed by atoms with Crippen molar-refractivity contribution in [2.75, 3.05) is 12.4 Å². The predicted octanol–water partition coefficient (Wildman–Crippen LogP) is 3.72. The third-order valence-electron chi connectivity index (χ3n) is 2.41. The summed E-state index contributed by atoms with van der Waals surface area (Å²) in [5, 5.41) is 10.0. The zero-order valence-electron chi connectivity index (χ0n) is 9.38. The molecular weight excluding hydrogens is 228 g/mol. The zero-order chi connectivity index (χ0) is 11.5. The van der Waals surface area contributed by atoms with Crippen molar-refractivity contribution in [3.05, 3.63) is 28.8 Å². The fraction of sp³-hybridized carbons (Fsp3) is 0.500. The van der Waals surface area contributed by atoms with E-state index >= 15 is 0 Å². The van der Waals surface area contributed by atoms with Crippen molar-refractivity contribution in [1.29, 1.82) is 0 Å². The van der Waals surface area contributed by atoms with Crippen LogP contribution < -0.4 is 0 Å². The number of hydrogen-bond donors (Lipinski definition) is 1. The lowest BCUT2D eigenvalue weighted by Gasteiger charge is -2.22. The molecule has 0 saturated heterocycles. The molecule has 3 heteroatoms. The molecule has 1 nitrogen and oxygen atoms in total. The van der Waals surface area contributed by atoms with Crippen molar-refractivity contribution in [2.24, 2.45) is 0 Å². The van der Waals surface area contributed by atoms with Crippen molar-refractivity contribution >= 4 is 23.4 Å². The summed E-state index contributed by atoms with van der Waals surface area (Å²) in [6.45, 7) is 6.24. The van der Waals surface area contributed by atoms with E-state index in [9.17, 15) is 5.11 Å². The summed E-state index contributed by atoms with van der Waals surface area (Å²) in [5.74, 6) is 1.02. The minimum absolute atomic E-state index is 0.129. The van der Waals surface area contributed by atoms with E-state index in [0.29, 0.717) is 0 Å². The van der Waals surface area contributed by atoms with Gasteiger partial charge in [0, 0.05) is 10.3 Å². The molecule has 0 amide bonds. The fourth-order valence-electron chi connectivity index (χ4n) is 1.29. The highest BCUT2D eigenvalue weighted by atomic mass is 35.5. The van der Waals surface area contributed by atoms with Gasteiger partial charge in [-0.3, -0.25) is 0 Å². The lowest BCUT2D eigenvalue weighted by Crippen LogP contribution is -2.21. The minimum Gasteiger partial charge on any atom is -0.395 e. The number of benzene rings is 1. The van der Waals surface area contributed by atoms with E-state index in [2.05, 4.69) is 6.92 Å². The predicted molar refractivity (Wildman–Crippen MR) is 68.0 cm³/mol. The van der Waals surface area contributed by atoms with Crippen LogP contribution >= 0.6 is 23.4 Å². The summed E-state index contributed by atoms with van der Waals surface area (Å²) in [7, 11) is 0. The van der Waals surface area contributed by atoms with E-state index < -0.39 is 0 Å². The summed E-state index contributed by atoms with van der Waals surface area (Å²) in [4.78, 5) is 1.11. The molecule has 0 aromatic heterocycles. The highest BCUT2D eigenvalue weighted by Gasteiger charge is 2.20. The van der Waals surface area contributed by atoms with Gasteiger partial charge in [-0.1, -0.05) is 38.4 Å². The molecule has 0 atom stereocenters. The molecule has 0 aliphatic rings. The van der Waals surface area contributed by atoms with Crippen LogP contribution in [0.4, 0.5) is 0 Å². The Balaban J connectivity index is 3.01. The first-order chi connectivity index (χ1) is 7.01. The number of aliphatic hydroxyl groups excluding tert-OH is 1. The van der Waals surface area contributed by atoms with E-state index in [0.717, 1.165) is 21.2 Å². The maximum Gasteiger partial charge on any atom is 0.0544 e. The van der Waals surface area contributed by atoms with Gasteiger partial charge in [-0.05, 0) is 23.4 Å². The van der Waals surface area contributed by atoms with E-state index in [4.69, 9.17) is 11.6 Å². The molecular formula is C12H17ClOS. The summed E-state index contributed by atoms with van der Waals surface area (Å²) < 4.78 is 0. The summed E-state index contributed by atoms with van der Waals surface area (Å²) >= 11 is 7.90. The van der Waals surface area contributed by atoms with Crippen molar-refractivity contribution in [1.82, 2.24) is 0 Å². The maximum absolute atomic E-state index is 9.26. The molecule has 0 aliphatic heterocycles. The monoisotopic (exact) mass is 244 g/mol. The van der Waals surface area contributed by atoms with Crippen LogP contribution in [0.3, 0.4) is 0 Å². The summed E-state index contributed by atoms with van der Waals surface area (Å²) in [5.41, 5.74) is 0.856. The van der Waals surface area contributed by atoms with Gasteiger partial charge in [-0.2, -0.15) is 0 Å². The van der Waals surface area contributed by atoms with Gasteiger partial charge in [-0.25, -0.2) is 0 Å². The van der Waals surface area contributed by atoms with Gasteiger partial charge in [0.2, 0.25) is 0 Å². The quantitative estimate of drug-likeness (QED) is 0.815. The first kappa shape index (κ1) is 12.9. The highest BCUT2D eigenvalue weighted by Crippen LogP contribution is 2.32. The minimum atomic E-state index is -0.223. The van der Waals surface area contributed by atoms with Gasteiger partial charge >= 0.3 is 0 Å². The van der Waals surface area contributed by atoms with E-state index in [1.807, 2.05) is 32.0 Å². The highest BCUT2D eigenvalue weighted by molar-refractivity contribution is 7.99.